The number of hydrogen-bond acceptors (Lipinski definition) is 6. The Morgan fingerprint density at radius 2 is 1.76 bits per heavy atom. The molecule has 0 amide bonds. The predicted molar refractivity (Wildman–Crippen MR) is 109 cm³/mol. The number of nitrogens with zero attached hydrogens (tertiary/aromatic N) is 2. The van der Waals surface area contributed by atoms with Crippen molar-refractivity contribution in [2.24, 2.45) is 0 Å². The van der Waals surface area contributed by atoms with Crippen LogP contribution in [0.15, 0.2) is 47.3 Å². The smallest absolute Gasteiger partial charge is 0.268 e. The van der Waals surface area contributed by atoms with E-state index in [1.54, 1.807) is 30.3 Å². The number of ether oxygens (including phenoxy) is 2. The lowest BCUT2D eigenvalue weighted by Crippen LogP contribution is -2.16. The van der Waals surface area contributed by atoms with Gasteiger partial charge in [0, 0.05) is 10.6 Å². The summed E-state index contributed by atoms with van der Waals surface area (Å²) in [6.45, 7) is 0.289. The molecule has 3 N–H and O–H groups in total. The number of anilines is 1. The Morgan fingerprint density at radius 3 is 2.38 bits per heavy atom. The van der Waals surface area contributed by atoms with Crippen LogP contribution >= 0.6 is 11.6 Å². The monoisotopic (exact) mass is 406 g/mol. The fraction of sp³-hybridized carbons (Fsp3) is 0.0952. The van der Waals surface area contributed by atoms with Gasteiger partial charge in [-0.25, -0.2) is 0 Å². The van der Waals surface area contributed by atoms with E-state index in [1.165, 1.54) is 7.11 Å². The number of aromatic amines is 1. The molecule has 1 heterocycles. The Morgan fingerprint density at radius 1 is 1.07 bits per heavy atom. The third-order valence-electron chi connectivity index (χ3n) is 4.23. The normalized spacial score (nSPS) is 10.1. The van der Waals surface area contributed by atoms with Gasteiger partial charge in [0.1, 0.15) is 35.7 Å². The van der Waals surface area contributed by atoms with Gasteiger partial charge < -0.3 is 20.2 Å². The highest BCUT2D eigenvalue weighted by Gasteiger charge is 2.19. The molecule has 0 bridgehead atoms. The molecular formula is C21H15ClN4O3. The summed E-state index contributed by atoms with van der Waals surface area (Å²) in [4.78, 5) is 14.4. The molecule has 7 nitrogen and oxygen atoms in total. The third-order valence-corrected chi connectivity index (χ3v) is 4.48. The minimum absolute atomic E-state index is 0.0121. The SMILES string of the molecule is COc1cc(-c2c(C#N)c(N)[nH]c(=O)c2C#N)ccc1OCc1ccc(Cl)cc1. The van der Waals surface area contributed by atoms with Gasteiger partial charge in [-0.3, -0.25) is 4.79 Å². The van der Waals surface area contributed by atoms with Crippen molar-refractivity contribution in [2.45, 2.75) is 6.61 Å². The average Bonchev–Trinajstić information content (AvgIpc) is 2.72. The van der Waals surface area contributed by atoms with Crippen LogP contribution < -0.4 is 20.8 Å². The second kappa shape index (κ2) is 8.39. The molecule has 0 fully saturated rings. The third kappa shape index (κ3) is 4.01. The van der Waals surface area contributed by atoms with E-state index >= 15 is 0 Å². The van der Waals surface area contributed by atoms with Gasteiger partial charge in [0.2, 0.25) is 0 Å². The molecule has 29 heavy (non-hydrogen) atoms. The number of methoxy groups -OCH3 is 1. The number of aromatic nitrogens is 1. The Labute approximate surface area is 171 Å². The molecule has 0 spiro atoms. The number of benzene rings is 2. The van der Waals surface area contributed by atoms with Crippen LogP contribution in [-0.4, -0.2) is 12.1 Å². The van der Waals surface area contributed by atoms with Crippen LogP contribution in [0.5, 0.6) is 11.5 Å². The first-order chi connectivity index (χ1) is 14.0. The average molecular weight is 407 g/mol. The lowest BCUT2D eigenvalue weighted by atomic mass is 9.96. The van der Waals surface area contributed by atoms with Crippen LogP contribution in [-0.2, 0) is 6.61 Å². The summed E-state index contributed by atoms with van der Waals surface area (Å²) in [7, 11) is 1.47. The predicted octanol–water partition coefficient (Wildman–Crippen LogP) is 3.61. The van der Waals surface area contributed by atoms with Gasteiger partial charge in [0.25, 0.3) is 5.56 Å². The summed E-state index contributed by atoms with van der Waals surface area (Å²) in [5.41, 5.74) is 6.42. The first kappa shape index (κ1) is 19.8. The molecule has 0 saturated heterocycles. The highest BCUT2D eigenvalue weighted by Crippen LogP contribution is 2.36. The topological polar surface area (TPSA) is 125 Å². The number of halogens is 1. The van der Waals surface area contributed by atoms with Gasteiger partial charge >= 0.3 is 0 Å². The van der Waals surface area contributed by atoms with E-state index in [0.29, 0.717) is 22.1 Å². The van der Waals surface area contributed by atoms with Crippen LogP contribution in [0.25, 0.3) is 11.1 Å². The van der Waals surface area contributed by atoms with Crippen molar-refractivity contribution >= 4 is 17.4 Å². The molecule has 0 unspecified atom stereocenters. The molecule has 0 aliphatic rings. The highest BCUT2D eigenvalue weighted by atomic mass is 35.5. The Bertz CT molecular complexity index is 1200. The first-order valence-corrected chi connectivity index (χ1v) is 8.78. The maximum Gasteiger partial charge on any atom is 0.268 e. The van der Waals surface area contributed by atoms with E-state index in [-0.39, 0.29) is 29.1 Å². The van der Waals surface area contributed by atoms with Crippen molar-refractivity contribution < 1.29 is 9.47 Å². The lowest BCUT2D eigenvalue weighted by Gasteiger charge is -2.14. The van der Waals surface area contributed by atoms with Gasteiger partial charge in [0.15, 0.2) is 11.5 Å². The van der Waals surface area contributed by atoms with Gasteiger partial charge in [-0.15, -0.1) is 0 Å². The molecule has 0 radical (unpaired) electrons. The minimum Gasteiger partial charge on any atom is -0.493 e. The van der Waals surface area contributed by atoms with Crippen LogP contribution in [0.2, 0.25) is 5.02 Å². The summed E-state index contributed by atoms with van der Waals surface area (Å²) in [5, 5.41) is 19.5. The molecule has 0 saturated carbocycles. The van der Waals surface area contributed by atoms with E-state index in [0.717, 1.165) is 5.56 Å². The molecule has 1 aromatic heterocycles. The van der Waals surface area contributed by atoms with Crippen molar-refractivity contribution in [2.75, 3.05) is 12.8 Å². The number of nitrogen functional groups attached to an aromatic ring is 1. The molecule has 0 atom stereocenters. The molecule has 3 aromatic rings. The zero-order valence-corrected chi connectivity index (χ0v) is 16.1. The van der Waals surface area contributed by atoms with Gasteiger partial charge in [0.05, 0.1) is 7.11 Å². The summed E-state index contributed by atoms with van der Waals surface area (Å²) < 4.78 is 11.2. The number of nitriles is 2. The number of rotatable bonds is 5. The Hall–Kier alpha value is -3.94. The Kier molecular flexibility index (Phi) is 5.73. The molecule has 2 aromatic carbocycles. The van der Waals surface area contributed by atoms with Gasteiger partial charge in [-0.1, -0.05) is 29.8 Å². The van der Waals surface area contributed by atoms with E-state index in [9.17, 15) is 15.3 Å². The van der Waals surface area contributed by atoms with Gasteiger partial charge in [-0.05, 0) is 35.4 Å². The van der Waals surface area contributed by atoms with Crippen molar-refractivity contribution in [3.8, 4) is 34.8 Å². The van der Waals surface area contributed by atoms with Crippen LogP contribution in [0.1, 0.15) is 16.7 Å². The van der Waals surface area contributed by atoms with E-state index in [2.05, 4.69) is 4.98 Å². The second-order valence-electron chi connectivity index (χ2n) is 6.00. The zero-order valence-electron chi connectivity index (χ0n) is 15.3. The number of pyridine rings is 1. The Balaban J connectivity index is 2.02. The fourth-order valence-electron chi connectivity index (χ4n) is 2.82. The largest absolute Gasteiger partial charge is 0.493 e. The van der Waals surface area contributed by atoms with E-state index in [1.807, 2.05) is 24.3 Å². The number of nitrogens with two attached hydrogens (primary N) is 1. The van der Waals surface area contributed by atoms with Crippen LogP contribution in [0.3, 0.4) is 0 Å². The molecule has 8 heteroatoms. The summed E-state index contributed by atoms with van der Waals surface area (Å²) in [6, 6.07) is 15.9. The fourth-order valence-corrected chi connectivity index (χ4v) is 2.94. The molecular weight excluding hydrogens is 392 g/mol. The van der Waals surface area contributed by atoms with Crippen LogP contribution in [0.4, 0.5) is 5.82 Å². The minimum atomic E-state index is -0.666. The maximum atomic E-state index is 12.1. The second-order valence-corrected chi connectivity index (χ2v) is 6.43. The first-order valence-electron chi connectivity index (χ1n) is 8.40. The number of H-pyrrole nitrogens is 1. The van der Waals surface area contributed by atoms with Crippen molar-refractivity contribution in [3.63, 3.8) is 0 Å². The summed E-state index contributed by atoms with van der Waals surface area (Å²) in [6.07, 6.45) is 0. The van der Waals surface area contributed by atoms with Crippen molar-refractivity contribution in [1.29, 1.82) is 10.5 Å². The number of nitrogens with one attached hydrogen (secondary N) is 1. The lowest BCUT2D eigenvalue weighted by molar-refractivity contribution is 0.284. The van der Waals surface area contributed by atoms with E-state index < -0.39 is 5.56 Å². The van der Waals surface area contributed by atoms with Crippen LogP contribution in [0, 0.1) is 22.7 Å². The standard InChI is InChI=1S/C21H15ClN4O3/c1-28-18-8-13(19-15(9-23)20(25)26-21(27)16(19)10-24)4-7-17(18)29-11-12-2-5-14(22)6-3-12/h2-8H,11H2,1H3,(H3,25,26,27). The quantitative estimate of drug-likeness (QED) is 0.666. The summed E-state index contributed by atoms with van der Waals surface area (Å²) >= 11 is 5.88. The molecule has 0 aliphatic carbocycles. The van der Waals surface area contributed by atoms with Crippen molar-refractivity contribution in [3.05, 3.63) is 74.5 Å². The highest BCUT2D eigenvalue weighted by molar-refractivity contribution is 6.30. The molecule has 3 rings (SSSR count). The molecule has 0 aliphatic heterocycles. The zero-order chi connectivity index (χ0) is 21.0. The maximum absolute atomic E-state index is 12.1. The van der Waals surface area contributed by atoms with E-state index in [4.69, 9.17) is 26.8 Å². The van der Waals surface area contributed by atoms with Crippen molar-refractivity contribution in [1.82, 2.24) is 4.98 Å². The number of hydrogen-bond donors (Lipinski definition) is 2. The molecule has 144 valence electrons. The van der Waals surface area contributed by atoms with Gasteiger partial charge in [-0.2, -0.15) is 10.5 Å². The summed E-state index contributed by atoms with van der Waals surface area (Å²) in [5.74, 6) is 0.734.